The van der Waals surface area contributed by atoms with Gasteiger partial charge in [-0.15, -0.1) is 0 Å². The van der Waals surface area contributed by atoms with E-state index in [-0.39, 0.29) is 11.6 Å². The number of carbonyl (C=O) groups excluding carboxylic acids is 1. The molecule has 12 heteroatoms. The molecule has 0 unspecified atom stereocenters. The SMILES string of the molecule is CC1=NN(c2ccc(I)cc2)C(=O)/C1=C/c1c(C)nn(-c2ccc([N+](=O)[O-])cc2[N+](=O)[O-])c1C. The van der Waals surface area contributed by atoms with E-state index in [1.165, 1.54) is 21.8 Å². The second-order valence-corrected chi connectivity index (χ2v) is 8.77. The molecule has 1 aliphatic heterocycles. The second kappa shape index (κ2) is 8.78. The van der Waals surface area contributed by atoms with Crippen molar-refractivity contribution in [2.45, 2.75) is 20.8 Å². The van der Waals surface area contributed by atoms with Gasteiger partial charge in [0, 0.05) is 20.9 Å². The third-order valence-electron chi connectivity index (χ3n) is 5.36. The summed E-state index contributed by atoms with van der Waals surface area (Å²) in [4.78, 5) is 34.4. The Morgan fingerprint density at radius 3 is 2.29 bits per heavy atom. The largest absolute Gasteiger partial charge is 0.301 e. The summed E-state index contributed by atoms with van der Waals surface area (Å²) in [6.07, 6.45) is 1.67. The van der Waals surface area contributed by atoms with Crippen LogP contribution in [0.3, 0.4) is 0 Å². The number of carbonyl (C=O) groups is 1. The van der Waals surface area contributed by atoms with Gasteiger partial charge < -0.3 is 0 Å². The van der Waals surface area contributed by atoms with Gasteiger partial charge in [0.15, 0.2) is 0 Å². The molecule has 0 bridgehead atoms. The van der Waals surface area contributed by atoms with Crippen molar-refractivity contribution in [3.05, 3.63) is 88.8 Å². The minimum Gasteiger partial charge on any atom is -0.267 e. The summed E-state index contributed by atoms with van der Waals surface area (Å²) < 4.78 is 2.38. The quantitative estimate of drug-likeness (QED) is 0.188. The summed E-state index contributed by atoms with van der Waals surface area (Å²) in [6, 6.07) is 10.8. The lowest BCUT2D eigenvalue weighted by atomic mass is 10.1. The highest BCUT2D eigenvalue weighted by atomic mass is 127. The van der Waals surface area contributed by atoms with Crippen LogP contribution in [0.25, 0.3) is 11.8 Å². The number of hydrogen-bond donors (Lipinski definition) is 0. The second-order valence-electron chi connectivity index (χ2n) is 7.52. The molecule has 3 aromatic rings. The maximum absolute atomic E-state index is 13.1. The molecule has 172 valence electrons. The number of amides is 1. The minimum absolute atomic E-state index is 0.0875. The van der Waals surface area contributed by atoms with E-state index in [0.717, 1.165) is 9.64 Å². The number of non-ortho nitro benzene ring substituents is 1. The Labute approximate surface area is 206 Å². The molecular weight excluding hydrogens is 555 g/mol. The number of benzene rings is 2. The third kappa shape index (κ3) is 4.07. The predicted molar refractivity (Wildman–Crippen MR) is 134 cm³/mol. The van der Waals surface area contributed by atoms with Gasteiger partial charge in [-0.3, -0.25) is 25.0 Å². The highest BCUT2D eigenvalue weighted by molar-refractivity contribution is 14.1. The van der Waals surface area contributed by atoms with Crippen molar-refractivity contribution in [2.75, 3.05) is 5.01 Å². The first-order valence-corrected chi connectivity index (χ1v) is 11.0. The van der Waals surface area contributed by atoms with Crippen molar-refractivity contribution in [3.63, 3.8) is 0 Å². The molecule has 11 nitrogen and oxygen atoms in total. The molecule has 4 rings (SSSR count). The summed E-state index contributed by atoms with van der Waals surface area (Å²) >= 11 is 2.18. The van der Waals surface area contributed by atoms with Crippen LogP contribution in [-0.2, 0) is 4.79 Å². The first-order valence-electron chi connectivity index (χ1n) is 9.95. The fraction of sp³-hybridized carbons (Fsp3) is 0.136. The Balaban J connectivity index is 1.76. The molecule has 34 heavy (non-hydrogen) atoms. The molecule has 0 spiro atoms. The van der Waals surface area contributed by atoms with Crippen LogP contribution in [0.5, 0.6) is 0 Å². The Morgan fingerprint density at radius 2 is 1.68 bits per heavy atom. The Hall–Kier alpha value is -3.94. The van der Waals surface area contributed by atoms with Gasteiger partial charge in [0.1, 0.15) is 5.69 Å². The third-order valence-corrected chi connectivity index (χ3v) is 6.08. The van der Waals surface area contributed by atoms with Gasteiger partial charge in [0.25, 0.3) is 11.6 Å². The normalized spacial score (nSPS) is 14.6. The Bertz CT molecular complexity index is 1420. The number of nitro groups is 2. The minimum atomic E-state index is -0.693. The summed E-state index contributed by atoms with van der Waals surface area (Å²) in [7, 11) is 0. The van der Waals surface area contributed by atoms with Crippen LogP contribution in [0.1, 0.15) is 23.9 Å². The molecule has 1 aromatic heterocycles. The van der Waals surface area contributed by atoms with Crippen molar-refractivity contribution >= 4 is 57.3 Å². The van der Waals surface area contributed by atoms with Crippen LogP contribution in [0.4, 0.5) is 17.1 Å². The zero-order chi connectivity index (χ0) is 24.7. The van der Waals surface area contributed by atoms with Gasteiger partial charge >= 0.3 is 5.69 Å². The average Bonchev–Trinajstić information content (AvgIpc) is 3.24. The number of aromatic nitrogens is 2. The van der Waals surface area contributed by atoms with Crippen molar-refractivity contribution in [3.8, 4) is 5.69 Å². The molecule has 1 amide bonds. The van der Waals surface area contributed by atoms with E-state index in [1.807, 2.05) is 24.3 Å². The van der Waals surface area contributed by atoms with Crippen LogP contribution in [0.2, 0.25) is 0 Å². The molecule has 1 aliphatic rings. The standard InChI is InChI=1S/C22H17IN6O5/c1-12-18(11-19-13(2)25-27(22(19)30)16-6-4-15(23)5-7-16)14(3)26(24-12)20-9-8-17(28(31)32)10-21(20)29(33)34/h4-11H,1-3H3/b19-11+. The summed E-state index contributed by atoms with van der Waals surface area (Å²) in [5.41, 5.74) is 2.47. The number of nitro benzene ring substituents is 2. The number of hydrogen-bond acceptors (Lipinski definition) is 7. The Kier molecular flexibility index (Phi) is 6.00. The van der Waals surface area contributed by atoms with Crippen LogP contribution in [0, 0.1) is 37.6 Å². The van der Waals surface area contributed by atoms with Gasteiger partial charge in [-0.2, -0.15) is 15.2 Å². The van der Waals surface area contributed by atoms with Crippen molar-refractivity contribution < 1.29 is 14.6 Å². The molecule has 0 saturated carbocycles. The van der Waals surface area contributed by atoms with Gasteiger partial charge in [0.05, 0.1) is 38.6 Å². The zero-order valence-electron chi connectivity index (χ0n) is 18.2. The lowest BCUT2D eigenvalue weighted by Crippen LogP contribution is -2.21. The number of anilines is 1. The van der Waals surface area contributed by atoms with Crippen LogP contribution >= 0.6 is 22.6 Å². The number of halogens is 1. The molecule has 0 aliphatic carbocycles. The average molecular weight is 572 g/mol. The van der Waals surface area contributed by atoms with Gasteiger partial charge in [-0.1, -0.05) is 0 Å². The topological polar surface area (TPSA) is 137 Å². The number of rotatable bonds is 5. The lowest BCUT2D eigenvalue weighted by Gasteiger charge is -2.11. The van der Waals surface area contributed by atoms with Gasteiger partial charge in [0.2, 0.25) is 0 Å². The number of hydrazone groups is 1. The number of aryl methyl sites for hydroxylation is 1. The summed E-state index contributed by atoms with van der Waals surface area (Å²) in [6.45, 7) is 5.16. The number of nitrogens with zero attached hydrogens (tertiary/aromatic N) is 6. The summed E-state index contributed by atoms with van der Waals surface area (Å²) in [5, 5.41) is 32.8. The fourth-order valence-electron chi connectivity index (χ4n) is 3.63. The van der Waals surface area contributed by atoms with E-state index >= 15 is 0 Å². The van der Waals surface area contributed by atoms with Crippen molar-refractivity contribution in [2.24, 2.45) is 5.10 Å². The molecule has 2 heterocycles. The highest BCUT2D eigenvalue weighted by Crippen LogP contribution is 2.31. The Morgan fingerprint density at radius 1 is 1.00 bits per heavy atom. The molecule has 0 fully saturated rings. The first kappa shape index (κ1) is 23.2. The maximum atomic E-state index is 13.1. The first-order chi connectivity index (χ1) is 16.1. The van der Waals surface area contributed by atoms with Crippen molar-refractivity contribution in [1.82, 2.24) is 9.78 Å². The molecule has 0 atom stereocenters. The molecular formula is C22H17IN6O5. The van der Waals surface area contributed by atoms with E-state index in [2.05, 4.69) is 32.8 Å². The van der Waals surface area contributed by atoms with E-state index in [1.54, 1.807) is 26.8 Å². The maximum Gasteiger partial charge on any atom is 0.301 e. The molecule has 2 aromatic carbocycles. The summed E-state index contributed by atoms with van der Waals surface area (Å²) in [5.74, 6) is -0.299. The van der Waals surface area contributed by atoms with E-state index in [0.29, 0.717) is 33.9 Å². The monoisotopic (exact) mass is 572 g/mol. The van der Waals surface area contributed by atoms with E-state index in [4.69, 9.17) is 0 Å². The predicted octanol–water partition coefficient (Wildman–Crippen LogP) is 4.72. The van der Waals surface area contributed by atoms with Crippen LogP contribution in [0.15, 0.2) is 53.1 Å². The van der Waals surface area contributed by atoms with Gasteiger partial charge in [-0.05, 0) is 79.8 Å². The lowest BCUT2D eigenvalue weighted by molar-refractivity contribution is -0.394. The zero-order valence-corrected chi connectivity index (χ0v) is 20.4. The highest BCUT2D eigenvalue weighted by Gasteiger charge is 2.30. The smallest absolute Gasteiger partial charge is 0.267 e. The molecule has 0 radical (unpaired) electrons. The van der Waals surface area contributed by atoms with E-state index < -0.39 is 21.2 Å². The fourth-order valence-corrected chi connectivity index (χ4v) is 3.99. The van der Waals surface area contributed by atoms with Gasteiger partial charge in [-0.25, -0.2) is 4.68 Å². The van der Waals surface area contributed by atoms with Crippen LogP contribution in [-0.4, -0.2) is 31.2 Å². The molecule has 0 saturated heterocycles. The van der Waals surface area contributed by atoms with Crippen LogP contribution < -0.4 is 5.01 Å². The van der Waals surface area contributed by atoms with Crippen molar-refractivity contribution in [1.29, 1.82) is 0 Å². The molecule has 0 N–H and O–H groups in total. The van der Waals surface area contributed by atoms with E-state index in [9.17, 15) is 25.0 Å².